The Labute approximate surface area is 127 Å². The van der Waals surface area contributed by atoms with E-state index in [1.54, 1.807) is 29.2 Å². The van der Waals surface area contributed by atoms with Crippen LogP contribution in [0.4, 0.5) is 8.78 Å². The van der Waals surface area contributed by atoms with Gasteiger partial charge in [0.25, 0.3) is 11.7 Å². The van der Waals surface area contributed by atoms with Gasteiger partial charge in [0.1, 0.15) is 0 Å². The Morgan fingerprint density at radius 1 is 1.25 bits per heavy atom. The van der Waals surface area contributed by atoms with Gasteiger partial charge in [0.2, 0.25) is 0 Å². The van der Waals surface area contributed by atoms with Gasteiger partial charge in [-0.1, -0.05) is 11.8 Å². The van der Waals surface area contributed by atoms with Crippen molar-refractivity contribution in [3.05, 3.63) is 29.8 Å². The molecule has 1 saturated heterocycles. The average Bonchev–Trinajstić information content (AvgIpc) is 2.39. The molecule has 0 aliphatic carbocycles. The molecule has 0 atom stereocenters. The van der Waals surface area contributed by atoms with E-state index in [1.807, 2.05) is 0 Å². The highest BCUT2D eigenvalue weighted by atomic mass is 35.5. The van der Waals surface area contributed by atoms with E-state index in [-0.39, 0.29) is 24.4 Å². The molecule has 7 heteroatoms. The molecule has 0 radical (unpaired) electrons. The van der Waals surface area contributed by atoms with E-state index in [9.17, 15) is 13.6 Å². The molecule has 2 N–H and O–H groups in total. The Kier molecular flexibility index (Phi) is 6.71. The third kappa shape index (κ3) is 4.61. The van der Waals surface area contributed by atoms with Gasteiger partial charge in [-0.15, -0.1) is 12.4 Å². The van der Waals surface area contributed by atoms with Gasteiger partial charge in [-0.25, -0.2) is 0 Å². The molecule has 1 fully saturated rings. The molecule has 1 aromatic carbocycles. The monoisotopic (exact) mass is 322 g/mol. The number of benzene rings is 1. The second-order valence-corrected chi connectivity index (χ2v) is 5.60. The second kappa shape index (κ2) is 7.81. The molecule has 0 unspecified atom stereocenters. The van der Waals surface area contributed by atoms with Crippen molar-refractivity contribution >= 4 is 30.1 Å². The van der Waals surface area contributed by atoms with Gasteiger partial charge in [-0.05, 0) is 37.1 Å². The van der Waals surface area contributed by atoms with Crippen molar-refractivity contribution in [1.29, 1.82) is 0 Å². The third-order valence-electron chi connectivity index (χ3n) is 3.15. The van der Waals surface area contributed by atoms with Crippen molar-refractivity contribution in [2.45, 2.75) is 29.5 Å². The van der Waals surface area contributed by atoms with Gasteiger partial charge < -0.3 is 10.6 Å². The maximum Gasteiger partial charge on any atom is 0.288 e. The van der Waals surface area contributed by atoms with Crippen LogP contribution < -0.4 is 5.73 Å². The van der Waals surface area contributed by atoms with Crippen LogP contribution in [0, 0.1) is 0 Å². The molecule has 0 saturated carbocycles. The van der Waals surface area contributed by atoms with E-state index >= 15 is 0 Å². The number of halogens is 3. The van der Waals surface area contributed by atoms with E-state index < -0.39 is 5.76 Å². The molecule has 0 aromatic heterocycles. The molecule has 1 amide bonds. The van der Waals surface area contributed by atoms with Crippen LogP contribution in [0.2, 0.25) is 0 Å². The highest BCUT2D eigenvalue weighted by Gasteiger charge is 2.21. The number of carbonyl (C=O) groups excluding carboxylic acids is 1. The summed E-state index contributed by atoms with van der Waals surface area (Å²) in [5.41, 5.74) is 6.33. The predicted octanol–water partition coefficient (Wildman–Crippen LogP) is 2.99. The highest BCUT2D eigenvalue weighted by molar-refractivity contribution is 7.99. The lowest BCUT2D eigenvalue weighted by Gasteiger charge is -2.30. The van der Waals surface area contributed by atoms with Crippen molar-refractivity contribution in [1.82, 2.24) is 4.90 Å². The number of hydrogen-bond donors (Lipinski definition) is 1. The van der Waals surface area contributed by atoms with Crippen LogP contribution in [-0.2, 0) is 0 Å². The Bertz CT molecular complexity index is 437. The van der Waals surface area contributed by atoms with Crippen LogP contribution in [0.15, 0.2) is 29.2 Å². The summed E-state index contributed by atoms with van der Waals surface area (Å²) in [5, 5.41) is 0. The second-order valence-electron chi connectivity index (χ2n) is 4.53. The minimum absolute atomic E-state index is 0. The summed E-state index contributed by atoms with van der Waals surface area (Å²) in [4.78, 5) is 14.4. The van der Waals surface area contributed by atoms with E-state index in [0.717, 1.165) is 12.8 Å². The number of rotatable bonds is 3. The highest BCUT2D eigenvalue weighted by Crippen LogP contribution is 2.25. The van der Waals surface area contributed by atoms with Crippen LogP contribution in [0.3, 0.4) is 0 Å². The quantitative estimate of drug-likeness (QED) is 0.870. The minimum Gasteiger partial charge on any atom is -0.339 e. The summed E-state index contributed by atoms with van der Waals surface area (Å²) in [7, 11) is 0. The summed E-state index contributed by atoms with van der Waals surface area (Å²) in [6.45, 7) is 1.32. The molecule has 2 rings (SSSR count). The lowest BCUT2D eigenvalue weighted by Crippen LogP contribution is -2.42. The number of carbonyl (C=O) groups is 1. The molecule has 0 spiro atoms. The Morgan fingerprint density at radius 3 is 2.30 bits per heavy atom. The average molecular weight is 323 g/mol. The topological polar surface area (TPSA) is 46.3 Å². The predicted molar refractivity (Wildman–Crippen MR) is 78.7 cm³/mol. The molecule has 3 nitrogen and oxygen atoms in total. The molecule has 1 heterocycles. The van der Waals surface area contributed by atoms with Crippen LogP contribution in [0.5, 0.6) is 0 Å². The number of nitrogens with zero attached hydrogens (tertiary/aromatic N) is 1. The first-order valence-corrected chi connectivity index (χ1v) is 7.04. The SMILES string of the molecule is Cl.NC1CCN(C(=O)c2ccc(SC(F)F)cc2)CC1. The lowest BCUT2D eigenvalue weighted by atomic mass is 10.1. The van der Waals surface area contributed by atoms with Crippen molar-refractivity contribution in [3.63, 3.8) is 0 Å². The maximum absolute atomic E-state index is 12.2. The van der Waals surface area contributed by atoms with Gasteiger partial charge in [-0.3, -0.25) is 4.79 Å². The fourth-order valence-electron chi connectivity index (χ4n) is 2.06. The summed E-state index contributed by atoms with van der Waals surface area (Å²) in [5.74, 6) is -2.49. The van der Waals surface area contributed by atoms with Gasteiger partial charge >= 0.3 is 0 Å². The van der Waals surface area contributed by atoms with Crippen LogP contribution in [0.25, 0.3) is 0 Å². The summed E-state index contributed by atoms with van der Waals surface area (Å²) >= 11 is 0.480. The van der Waals surface area contributed by atoms with Gasteiger partial charge in [-0.2, -0.15) is 8.78 Å². The zero-order valence-corrected chi connectivity index (χ0v) is 12.4. The molecule has 0 bridgehead atoms. The number of nitrogens with two attached hydrogens (primary N) is 1. The number of thioether (sulfide) groups is 1. The minimum atomic E-state index is -2.44. The summed E-state index contributed by atoms with van der Waals surface area (Å²) in [6, 6.07) is 6.48. The summed E-state index contributed by atoms with van der Waals surface area (Å²) in [6.07, 6.45) is 1.62. The van der Waals surface area contributed by atoms with Crippen molar-refractivity contribution in [3.8, 4) is 0 Å². The standard InChI is InChI=1S/C13H16F2N2OS.ClH/c14-13(15)19-11-3-1-9(2-4-11)12(18)17-7-5-10(16)6-8-17;/h1-4,10,13H,5-8,16H2;1H. The first-order chi connectivity index (χ1) is 9.06. The normalized spacial score (nSPS) is 16.1. The van der Waals surface area contributed by atoms with Gasteiger partial charge in [0.15, 0.2) is 0 Å². The first-order valence-electron chi connectivity index (χ1n) is 6.16. The van der Waals surface area contributed by atoms with Crippen molar-refractivity contribution in [2.75, 3.05) is 13.1 Å². The van der Waals surface area contributed by atoms with Crippen LogP contribution in [0.1, 0.15) is 23.2 Å². The smallest absolute Gasteiger partial charge is 0.288 e. The number of likely N-dealkylation sites (tertiary alicyclic amines) is 1. The molecular formula is C13H17ClF2N2OS. The molecule has 20 heavy (non-hydrogen) atoms. The van der Waals surface area contributed by atoms with Gasteiger partial charge in [0.05, 0.1) is 0 Å². The van der Waals surface area contributed by atoms with Gasteiger partial charge in [0, 0.05) is 29.6 Å². The van der Waals surface area contributed by atoms with Crippen molar-refractivity contribution < 1.29 is 13.6 Å². The number of hydrogen-bond acceptors (Lipinski definition) is 3. The number of amides is 1. The largest absolute Gasteiger partial charge is 0.339 e. The third-order valence-corrected chi connectivity index (χ3v) is 3.88. The number of alkyl halides is 2. The van der Waals surface area contributed by atoms with Crippen LogP contribution >= 0.6 is 24.2 Å². The molecule has 1 aliphatic rings. The molecule has 112 valence electrons. The maximum atomic E-state index is 12.2. The number of piperidine rings is 1. The van der Waals surface area contributed by atoms with Crippen molar-refractivity contribution in [2.24, 2.45) is 5.73 Å². The Balaban J connectivity index is 0.00000200. The molecule has 1 aromatic rings. The lowest BCUT2D eigenvalue weighted by molar-refractivity contribution is 0.0714. The van der Waals surface area contributed by atoms with E-state index in [4.69, 9.17) is 5.73 Å². The fourth-order valence-corrected chi connectivity index (χ4v) is 2.56. The Morgan fingerprint density at radius 2 is 1.80 bits per heavy atom. The summed E-state index contributed by atoms with van der Waals surface area (Å²) < 4.78 is 24.4. The Hall–Kier alpha value is -0.850. The van der Waals surface area contributed by atoms with E-state index in [0.29, 0.717) is 35.3 Å². The first kappa shape index (κ1) is 17.2. The molecular weight excluding hydrogens is 306 g/mol. The van der Waals surface area contributed by atoms with E-state index in [2.05, 4.69) is 0 Å². The zero-order chi connectivity index (χ0) is 13.8. The zero-order valence-electron chi connectivity index (χ0n) is 10.8. The van der Waals surface area contributed by atoms with Crippen LogP contribution in [-0.4, -0.2) is 35.7 Å². The van der Waals surface area contributed by atoms with E-state index in [1.165, 1.54) is 0 Å². The fraction of sp³-hybridized carbons (Fsp3) is 0.462. The molecule has 1 aliphatic heterocycles.